The topological polar surface area (TPSA) is 32.3 Å². The van der Waals surface area contributed by atoms with Gasteiger partial charge in [-0.3, -0.25) is 4.79 Å². The molecular formula is C17H17ClN2OS2. The lowest BCUT2D eigenvalue weighted by Gasteiger charge is -2.22. The van der Waals surface area contributed by atoms with E-state index in [1.165, 1.54) is 13.0 Å². The van der Waals surface area contributed by atoms with Crippen LogP contribution in [-0.4, -0.2) is 36.5 Å². The number of nitrogens with zero attached hydrogens (tertiary/aromatic N) is 1. The molecule has 2 aromatic rings. The van der Waals surface area contributed by atoms with Gasteiger partial charge in [-0.2, -0.15) is 0 Å². The van der Waals surface area contributed by atoms with Crippen molar-refractivity contribution in [3.8, 4) is 0 Å². The number of hydrogen-bond acceptors (Lipinski definition) is 4. The smallest absolute Gasteiger partial charge is 0.261 e. The SMILES string of the molecule is O=C(N[C@H]1CN2CC[C@H]1C2)c1ccc(Sc2ccc(Cl)cc2)s1. The van der Waals surface area contributed by atoms with Crippen LogP contribution in [-0.2, 0) is 0 Å². The minimum Gasteiger partial charge on any atom is -0.347 e. The summed E-state index contributed by atoms with van der Waals surface area (Å²) in [6.45, 7) is 3.35. The molecule has 1 N–H and O–H groups in total. The van der Waals surface area contributed by atoms with Crippen LogP contribution in [0.1, 0.15) is 16.1 Å². The number of carbonyl (C=O) groups excluding carboxylic acids is 1. The molecule has 2 saturated heterocycles. The molecule has 1 aromatic heterocycles. The van der Waals surface area contributed by atoms with E-state index in [2.05, 4.69) is 10.2 Å². The van der Waals surface area contributed by atoms with Gasteiger partial charge < -0.3 is 10.2 Å². The lowest BCUT2D eigenvalue weighted by atomic mass is 10.00. The van der Waals surface area contributed by atoms with Crippen molar-refractivity contribution in [2.45, 2.75) is 21.6 Å². The zero-order chi connectivity index (χ0) is 15.8. The van der Waals surface area contributed by atoms with E-state index >= 15 is 0 Å². The maximum Gasteiger partial charge on any atom is 0.261 e. The highest BCUT2D eigenvalue weighted by molar-refractivity contribution is 8.01. The van der Waals surface area contributed by atoms with E-state index in [-0.39, 0.29) is 5.91 Å². The van der Waals surface area contributed by atoms with Gasteiger partial charge in [0.05, 0.1) is 9.09 Å². The van der Waals surface area contributed by atoms with Crippen molar-refractivity contribution in [3.63, 3.8) is 0 Å². The van der Waals surface area contributed by atoms with Gasteiger partial charge in [-0.1, -0.05) is 23.4 Å². The standard InChI is InChI=1S/C17H17ClN2OS2/c18-12-1-3-13(4-2-12)22-16-6-5-15(23-16)17(21)19-14-10-20-8-7-11(14)9-20/h1-6,11,14H,7-10H2,(H,19,21)/t11-,14-/m0/s1. The summed E-state index contributed by atoms with van der Waals surface area (Å²) >= 11 is 9.11. The second kappa shape index (κ2) is 6.48. The highest BCUT2D eigenvalue weighted by Crippen LogP contribution is 2.34. The average Bonchev–Trinajstić information content (AvgIpc) is 3.26. The van der Waals surface area contributed by atoms with Crippen molar-refractivity contribution in [1.82, 2.24) is 10.2 Å². The first-order valence-electron chi connectivity index (χ1n) is 7.74. The summed E-state index contributed by atoms with van der Waals surface area (Å²) in [7, 11) is 0. The Morgan fingerprint density at radius 3 is 2.74 bits per heavy atom. The lowest BCUT2D eigenvalue weighted by Crippen LogP contribution is -2.42. The Kier molecular flexibility index (Phi) is 4.37. The molecule has 2 fully saturated rings. The number of amides is 1. The number of halogens is 1. The number of fused-ring (bicyclic) bond motifs is 2. The largest absolute Gasteiger partial charge is 0.347 e. The van der Waals surface area contributed by atoms with Gasteiger partial charge in [0.2, 0.25) is 0 Å². The monoisotopic (exact) mass is 364 g/mol. The van der Waals surface area contributed by atoms with E-state index in [1.54, 1.807) is 23.1 Å². The van der Waals surface area contributed by atoms with Gasteiger partial charge in [0, 0.05) is 29.0 Å². The number of benzene rings is 1. The Morgan fingerprint density at radius 1 is 1.22 bits per heavy atom. The van der Waals surface area contributed by atoms with Gasteiger partial charge in [0.25, 0.3) is 5.91 Å². The molecular weight excluding hydrogens is 348 g/mol. The second-order valence-electron chi connectivity index (χ2n) is 6.06. The Bertz CT molecular complexity index is 716. The van der Waals surface area contributed by atoms with Crippen LogP contribution in [0, 0.1) is 5.92 Å². The van der Waals surface area contributed by atoms with Gasteiger partial charge in [-0.25, -0.2) is 0 Å². The second-order valence-corrected chi connectivity index (χ2v) is 8.96. The summed E-state index contributed by atoms with van der Waals surface area (Å²) < 4.78 is 1.12. The molecule has 3 nitrogen and oxygen atoms in total. The van der Waals surface area contributed by atoms with Crippen LogP contribution in [0.4, 0.5) is 0 Å². The maximum absolute atomic E-state index is 12.4. The Balaban J connectivity index is 1.39. The third-order valence-corrected chi connectivity index (χ3v) is 6.96. The molecule has 0 aliphatic carbocycles. The number of hydrogen-bond donors (Lipinski definition) is 1. The molecule has 2 aliphatic heterocycles. The van der Waals surface area contributed by atoms with Crippen molar-refractivity contribution in [3.05, 3.63) is 46.3 Å². The molecule has 0 radical (unpaired) electrons. The Labute approximate surface area is 149 Å². The minimum absolute atomic E-state index is 0.0664. The number of carbonyl (C=O) groups is 1. The number of piperidine rings is 1. The lowest BCUT2D eigenvalue weighted by molar-refractivity contribution is 0.0928. The van der Waals surface area contributed by atoms with Crippen LogP contribution < -0.4 is 5.32 Å². The van der Waals surface area contributed by atoms with E-state index in [0.717, 1.165) is 32.1 Å². The fourth-order valence-corrected chi connectivity index (χ4v) is 5.43. The van der Waals surface area contributed by atoms with Gasteiger partial charge in [-0.05, 0) is 55.3 Å². The van der Waals surface area contributed by atoms with Crippen molar-refractivity contribution in [2.75, 3.05) is 19.6 Å². The predicted molar refractivity (Wildman–Crippen MR) is 95.7 cm³/mol. The highest BCUT2D eigenvalue weighted by atomic mass is 35.5. The molecule has 1 amide bonds. The summed E-state index contributed by atoms with van der Waals surface area (Å²) in [5.41, 5.74) is 0. The number of rotatable bonds is 4. The van der Waals surface area contributed by atoms with Crippen LogP contribution in [0.5, 0.6) is 0 Å². The summed E-state index contributed by atoms with van der Waals surface area (Å²) in [4.78, 5) is 16.8. The van der Waals surface area contributed by atoms with E-state index in [9.17, 15) is 4.79 Å². The summed E-state index contributed by atoms with van der Waals surface area (Å²) in [5.74, 6) is 0.707. The molecule has 2 bridgehead atoms. The molecule has 1 unspecified atom stereocenters. The van der Waals surface area contributed by atoms with Crippen molar-refractivity contribution in [2.24, 2.45) is 5.92 Å². The molecule has 4 rings (SSSR count). The van der Waals surface area contributed by atoms with Gasteiger partial charge in [-0.15, -0.1) is 11.3 Å². The molecule has 2 aliphatic rings. The molecule has 6 heteroatoms. The summed E-state index contributed by atoms with van der Waals surface area (Å²) in [5, 5.41) is 3.95. The zero-order valence-corrected chi connectivity index (χ0v) is 14.9. The van der Waals surface area contributed by atoms with Crippen LogP contribution in [0.25, 0.3) is 0 Å². The predicted octanol–water partition coefficient (Wildman–Crippen LogP) is 3.99. The molecule has 1 aromatic carbocycles. The van der Waals surface area contributed by atoms with Crippen molar-refractivity contribution < 1.29 is 4.79 Å². The molecule has 23 heavy (non-hydrogen) atoms. The number of thiophene rings is 1. The van der Waals surface area contributed by atoms with Gasteiger partial charge in [0.15, 0.2) is 0 Å². The molecule has 3 atom stereocenters. The van der Waals surface area contributed by atoms with E-state index in [4.69, 9.17) is 11.6 Å². The van der Waals surface area contributed by atoms with Crippen LogP contribution in [0.3, 0.4) is 0 Å². The van der Waals surface area contributed by atoms with E-state index in [1.807, 2.05) is 36.4 Å². The van der Waals surface area contributed by atoms with Crippen molar-refractivity contribution in [1.29, 1.82) is 0 Å². The first kappa shape index (κ1) is 15.5. The minimum atomic E-state index is 0.0664. The average molecular weight is 365 g/mol. The van der Waals surface area contributed by atoms with E-state index < -0.39 is 0 Å². The number of nitrogens with one attached hydrogen (secondary N) is 1. The van der Waals surface area contributed by atoms with Gasteiger partial charge >= 0.3 is 0 Å². The molecule has 0 spiro atoms. The van der Waals surface area contributed by atoms with Crippen LogP contribution >= 0.6 is 34.7 Å². The first-order chi connectivity index (χ1) is 11.2. The quantitative estimate of drug-likeness (QED) is 0.890. The maximum atomic E-state index is 12.4. The van der Waals surface area contributed by atoms with Crippen molar-refractivity contribution >= 4 is 40.6 Å². The highest BCUT2D eigenvalue weighted by Gasteiger charge is 2.38. The Hall–Kier alpha value is -1.01. The zero-order valence-electron chi connectivity index (χ0n) is 12.5. The molecule has 0 saturated carbocycles. The molecule has 120 valence electrons. The normalized spacial score (nSPS) is 25.7. The Morgan fingerprint density at radius 2 is 2.04 bits per heavy atom. The molecule has 3 heterocycles. The van der Waals surface area contributed by atoms with E-state index in [0.29, 0.717) is 12.0 Å². The summed E-state index contributed by atoms with van der Waals surface area (Å²) in [6, 6.07) is 12.0. The third-order valence-electron chi connectivity index (χ3n) is 4.49. The fraction of sp³-hybridized carbons (Fsp3) is 0.353. The van der Waals surface area contributed by atoms with Crippen LogP contribution in [0.15, 0.2) is 45.5 Å². The van der Waals surface area contributed by atoms with Crippen LogP contribution in [0.2, 0.25) is 5.02 Å². The first-order valence-corrected chi connectivity index (χ1v) is 9.75. The van der Waals surface area contributed by atoms with Gasteiger partial charge in [0.1, 0.15) is 0 Å². The fourth-order valence-electron chi connectivity index (χ4n) is 3.30. The third kappa shape index (κ3) is 3.43. The summed E-state index contributed by atoms with van der Waals surface area (Å²) in [6.07, 6.45) is 1.22.